The van der Waals surface area contributed by atoms with Crippen LogP contribution in [0.4, 0.5) is 0 Å². The summed E-state index contributed by atoms with van der Waals surface area (Å²) in [6.45, 7) is 6.87. The highest BCUT2D eigenvalue weighted by Gasteiger charge is 2.25. The number of benzene rings is 1. The molecule has 0 atom stereocenters. The lowest BCUT2D eigenvalue weighted by Crippen LogP contribution is -2.40. The third-order valence-electron chi connectivity index (χ3n) is 2.58. The molecule has 0 bridgehead atoms. The van der Waals surface area contributed by atoms with Crippen molar-refractivity contribution in [3.05, 3.63) is 24.3 Å². The zero-order valence-corrected chi connectivity index (χ0v) is 11.1. The molecule has 3 nitrogen and oxygen atoms in total. The van der Waals surface area contributed by atoms with Crippen LogP contribution in [0, 0.1) is 0 Å². The highest BCUT2D eigenvalue weighted by Crippen LogP contribution is 2.18. The van der Waals surface area contributed by atoms with Crippen molar-refractivity contribution in [3.63, 3.8) is 0 Å². The molecule has 0 saturated carbocycles. The highest BCUT2D eigenvalue weighted by atomic mass is 28.3. The molecule has 0 N–H and O–H groups in total. The molecule has 0 aliphatic heterocycles. The summed E-state index contributed by atoms with van der Waals surface area (Å²) >= 11 is 0. The van der Waals surface area contributed by atoms with Crippen molar-refractivity contribution in [2.75, 3.05) is 7.11 Å². The van der Waals surface area contributed by atoms with Crippen molar-refractivity contribution in [3.8, 4) is 5.88 Å². The molecule has 0 fully saturated rings. The van der Waals surface area contributed by atoms with E-state index in [0.29, 0.717) is 5.88 Å². The standard InChI is InChI=1S/C12H16N2OSi/c1-15-12-11(16(2,3)4)9-7-5-6-8-10(9)13-14-12/h5-8H,1-4H3. The van der Waals surface area contributed by atoms with Gasteiger partial charge in [-0.05, 0) is 6.07 Å². The summed E-state index contributed by atoms with van der Waals surface area (Å²) in [5.74, 6) is 0.679. The smallest absolute Gasteiger partial charge is 0.232 e. The molecule has 0 unspecified atom stereocenters. The number of ether oxygens (including phenoxy) is 1. The summed E-state index contributed by atoms with van der Waals surface area (Å²) in [5, 5.41) is 10.8. The predicted octanol–water partition coefficient (Wildman–Crippen LogP) is 2.18. The van der Waals surface area contributed by atoms with Gasteiger partial charge >= 0.3 is 0 Å². The van der Waals surface area contributed by atoms with Crippen molar-refractivity contribution in [1.82, 2.24) is 10.2 Å². The van der Waals surface area contributed by atoms with Gasteiger partial charge in [0.1, 0.15) is 0 Å². The number of fused-ring (bicyclic) bond motifs is 1. The fraction of sp³-hybridized carbons (Fsp3) is 0.333. The van der Waals surface area contributed by atoms with Crippen molar-refractivity contribution < 1.29 is 4.74 Å². The number of hydrogen-bond donors (Lipinski definition) is 0. The fourth-order valence-corrected chi connectivity index (χ4v) is 3.72. The topological polar surface area (TPSA) is 35.0 Å². The zero-order valence-electron chi connectivity index (χ0n) is 10.1. The Balaban J connectivity index is 2.84. The normalized spacial score (nSPS) is 11.8. The van der Waals surface area contributed by atoms with Crippen molar-refractivity contribution in [2.24, 2.45) is 0 Å². The summed E-state index contributed by atoms with van der Waals surface area (Å²) in [4.78, 5) is 0. The first-order valence-electron chi connectivity index (χ1n) is 5.34. The van der Waals surface area contributed by atoms with Crippen LogP contribution >= 0.6 is 0 Å². The molecule has 2 aromatic rings. The summed E-state index contributed by atoms with van der Waals surface area (Å²) in [6, 6.07) is 8.11. The molecule has 1 aromatic carbocycles. The maximum Gasteiger partial charge on any atom is 0.232 e. The zero-order chi connectivity index (χ0) is 11.8. The summed E-state index contributed by atoms with van der Waals surface area (Å²) in [5.41, 5.74) is 0.945. The lowest BCUT2D eigenvalue weighted by atomic mass is 10.2. The van der Waals surface area contributed by atoms with Crippen LogP contribution in [0.5, 0.6) is 5.88 Å². The second-order valence-electron chi connectivity index (χ2n) is 4.85. The highest BCUT2D eigenvalue weighted by molar-refractivity contribution is 6.91. The molecular formula is C12H16N2OSi. The quantitative estimate of drug-likeness (QED) is 0.744. The first-order valence-corrected chi connectivity index (χ1v) is 8.84. The van der Waals surface area contributed by atoms with E-state index in [1.54, 1.807) is 7.11 Å². The lowest BCUT2D eigenvalue weighted by Gasteiger charge is -2.20. The third kappa shape index (κ3) is 1.80. The van der Waals surface area contributed by atoms with E-state index in [0.717, 1.165) is 5.52 Å². The second kappa shape index (κ2) is 3.86. The van der Waals surface area contributed by atoms with Crippen LogP contribution in [-0.4, -0.2) is 25.4 Å². The minimum Gasteiger partial charge on any atom is -0.480 e. The van der Waals surface area contributed by atoms with Gasteiger partial charge in [0.25, 0.3) is 0 Å². The molecule has 1 aromatic heterocycles. The van der Waals surface area contributed by atoms with Crippen LogP contribution in [0.2, 0.25) is 19.6 Å². The van der Waals surface area contributed by atoms with Crippen LogP contribution in [-0.2, 0) is 0 Å². The first kappa shape index (κ1) is 11.1. The number of methoxy groups -OCH3 is 1. The Morgan fingerprint density at radius 2 is 1.75 bits per heavy atom. The molecule has 0 aliphatic rings. The molecule has 0 radical (unpaired) electrons. The number of aromatic nitrogens is 2. The minimum atomic E-state index is -1.49. The Bertz CT molecular complexity index is 520. The van der Waals surface area contributed by atoms with E-state index in [4.69, 9.17) is 4.74 Å². The molecule has 16 heavy (non-hydrogen) atoms. The predicted molar refractivity (Wildman–Crippen MR) is 69.1 cm³/mol. The van der Waals surface area contributed by atoms with E-state index in [2.05, 4.69) is 35.9 Å². The van der Waals surface area contributed by atoms with Crippen LogP contribution in [0.15, 0.2) is 24.3 Å². The van der Waals surface area contributed by atoms with Gasteiger partial charge in [0.15, 0.2) is 0 Å². The number of nitrogens with zero attached hydrogens (tertiary/aromatic N) is 2. The summed E-state index contributed by atoms with van der Waals surface area (Å²) in [6.07, 6.45) is 0. The van der Waals surface area contributed by atoms with Crippen LogP contribution in [0.3, 0.4) is 0 Å². The molecule has 1 heterocycles. The third-order valence-corrected chi connectivity index (χ3v) is 4.56. The van der Waals surface area contributed by atoms with Crippen molar-refractivity contribution >= 4 is 24.2 Å². The maximum atomic E-state index is 5.34. The van der Waals surface area contributed by atoms with E-state index in [-0.39, 0.29) is 0 Å². The van der Waals surface area contributed by atoms with Crippen molar-refractivity contribution in [1.29, 1.82) is 0 Å². The fourth-order valence-electron chi connectivity index (χ4n) is 1.90. The molecule has 0 amide bonds. The molecule has 84 valence electrons. The van der Waals surface area contributed by atoms with Gasteiger partial charge in [-0.3, -0.25) is 0 Å². The Labute approximate surface area is 96.5 Å². The van der Waals surface area contributed by atoms with E-state index >= 15 is 0 Å². The number of hydrogen-bond acceptors (Lipinski definition) is 3. The average Bonchev–Trinajstić information content (AvgIpc) is 2.26. The summed E-state index contributed by atoms with van der Waals surface area (Å²) in [7, 11) is 0.164. The Hall–Kier alpha value is -1.42. The largest absolute Gasteiger partial charge is 0.480 e. The van der Waals surface area contributed by atoms with E-state index in [9.17, 15) is 0 Å². The van der Waals surface area contributed by atoms with Gasteiger partial charge in [-0.15, -0.1) is 10.2 Å². The minimum absolute atomic E-state index is 0.679. The van der Waals surface area contributed by atoms with Crippen LogP contribution < -0.4 is 9.92 Å². The van der Waals surface area contributed by atoms with Gasteiger partial charge in [-0.2, -0.15) is 0 Å². The number of rotatable bonds is 2. The molecular weight excluding hydrogens is 216 g/mol. The van der Waals surface area contributed by atoms with Gasteiger partial charge in [-0.1, -0.05) is 37.8 Å². The summed E-state index contributed by atoms with van der Waals surface area (Å²) < 4.78 is 5.34. The van der Waals surface area contributed by atoms with E-state index < -0.39 is 8.07 Å². The monoisotopic (exact) mass is 232 g/mol. The Morgan fingerprint density at radius 1 is 1.06 bits per heavy atom. The molecule has 0 aliphatic carbocycles. The van der Waals surface area contributed by atoms with Gasteiger partial charge in [0, 0.05) is 10.6 Å². The molecule has 0 spiro atoms. The van der Waals surface area contributed by atoms with E-state index in [1.165, 1.54) is 10.6 Å². The van der Waals surface area contributed by atoms with Gasteiger partial charge in [-0.25, -0.2) is 0 Å². The van der Waals surface area contributed by atoms with E-state index in [1.807, 2.05) is 18.2 Å². The van der Waals surface area contributed by atoms with Crippen molar-refractivity contribution in [2.45, 2.75) is 19.6 Å². The second-order valence-corrected chi connectivity index (χ2v) is 9.85. The van der Waals surface area contributed by atoms with Gasteiger partial charge in [0.05, 0.1) is 20.7 Å². The van der Waals surface area contributed by atoms with Crippen LogP contribution in [0.25, 0.3) is 10.9 Å². The van der Waals surface area contributed by atoms with Crippen LogP contribution in [0.1, 0.15) is 0 Å². The van der Waals surface area contributed by atoms with Gasteiger partial charge in [0.2, 0.25) is 5.88 Å². The maximum absolute atomic E-state index is 5.34. The first-order chi connectivity index (χ1) is 7.54. The molecule has 2 rings (SSSR count). The Kier molecular flexibility index (Phi) is 2.67. The molecule has 4 heteroatoms. The lowest BCUT2D eigenvalue weighted by molar-refractivity contribution is 0.396. The van der Waals surface area contributed by atoms with Gasteiger partial charge < -0.3 is 4.74 Å². The molecule has 0 saturated heterocycles. The SMILES string of the molecule is COc1nnc2ccccc2c1[Si](C)(C)C. The Morgan fingerprint density at radius 3 is 2.38 bits per heavy atom. The average molecular weight is 232 g/mol.